The topological polar surface area (TPSA) is 26.3 Å². The molecule has 4 heteroatoms. The van der Waals surface area contributed by atoms with Gasteiger partial charge in [0.05, 0.1) is 0 Å². The molecule has 0 fully saturated rings. The third kappa shape index (κ3) is 3.95. The Bertz CT molecular complexity index is 338. The van der Waals surface area contributed by atoms with Gasteiger partial charge in [0, 0.05) is 0 Å². The Kier molecular flexibility index (Phi) is 4.97. The summed E-state index contributed by atoms with van der Waals surface area (Å²) in [6.45, 7) is 3.18. The number of esters is 1. The van der Waals surface area contributed by atoms with Crippen LogP contribution in [0.4, 0.5) is 4.39 Å². The molecule has 0 spiro atoms. The van der Waals surface area contributed by atoms with Crippen molar-refractivity contribution in [2.24, 2.45) is 0 Å². The molecule has 0 heterocycles. The first-order valence-electron chi connectivity index (χ1n) is 5.10. The van der Waals surface area contributed by atoms with Crippen LogP contribution in [0.15, 0.2) is 30.3 Å². The standard InChI is InChI=1S/C12H15FO2Se/c1-3-15-11(14)12(2,13)9-16-10-7-5-4-6-8-10/h4-8H,3,9H2,1-2H3. The minimum absolute atomic E-state index is 0.0441. The van der Waals surface area contributed by atoms with E-state index >= 15 is 0 Å². The number of benzene rings is 1. The van der Waals surface area contributed by atoms with E-state index in [0.29, 0.717) is 0 Å². The van der Waals surface area contributed by atoms with Gasteiger partial charge in [-0.25, -0.2) is 0 Å². The third-order valence-corrected chi connectivity index (χ3v) is 4.66. The molecule has 0 bridgehead atoms. The Morgan fingerprint density at radius 3 is 2.62 bits per heavy atom. The van der Waals surface area contributed by atoms with Crippen LogP contribution >= 0.6 is 0 Å². The van der Waals surface area contributed by atoms with Crippen LogP contribution < -0.4 is 4.46 Å². The predicted octanol–water partition coefficient (Wildman–Crippen LogP) is 1.73. The van der Waals surface area contributed by atoms with Gasteiger partial charge in [-0.2, -0.15) is 0 Å². The van der Waals surface area contributed by atoms with Crippen molar-refractivity contribution < 1.29 is 13.9 Å². The van der Waals surface area contributed by atoms with E-state index in [0.717, 1.165) is 4.46 Å². The predicted molar refractivity (Wildman–Crippen MR) is 62.8 cm³/mol. The van der Waals surface area contributed by atoms with Gasteiger partial charge in [0.15, 0.2) is 0 Å². The number of alkyl halides is 1. The maximum atomic E-state index is 13.9. The van der Waals surface area contributed by atoms with Gasteiger partial charge in [0.1, 0.15) is 0 Å². The molecule has 0 saturated carbocycles. The van der Waals surface area contributed by atoms with E-state index in [1.165, 1.54) is 6.92 Å². The fraction of sp³-hybridized carbons (Fsp3) is 0.417. The molecular weight excluding hydrogens is 274 g/mol. The molecule has 0 aliphatic rings. The normalized spacial score (nSPS) is 14.2. The molecule has 1 rings (SSSR count). The van der Waals surface area contributed by atoms with Crippen LogP contribution in [0.5, 0.6) is 0 Å². The van der Waals surface area contributed by atoms with Gasteiger partial charge in [-0.05, 0) is 0 Å². The van der Waals surface area contributed by atoms with Crippen LogP contribution in [0.1, 0.15) is 13.8 Å². The molecule has 0 aliphatic carbocycles. The van der Waals surface area contributed by atoms with Crippen molar-refractivity contribution in [2.45, 2.75) is 24.8 Å². The van der Waals surface area contributed by atoms with Gasteiger partial charge in [-0.3, -0.25) is 0 Å². The second-order valence-corrected chi connectivity index (χ2v) is 5.72. The van der Waals surface area contributed by atoms with E-state index in [9.17, 15) is 9.18 Å². The number of carbonyl (C=O) groups is 1. The number of carbonyl (C=O) groups excluding carboxylic acids is 1. The molecule has 0 radical (unpaired) electrons. The molecule has 0 aliphatic heterocycles. The zero-order valence-electron chi connectivity index (χ0n) is 9.40. The average Bonchev–Trinajstić information content (AvgIpc) is 2.28. The molecule has 1 unspecified atom stereocenters. The first-order chi connectivity index (χ1) is 7.56. The molecule has 0 N–H and O–H groups in total. The molecule has 0 aromatic heterocycles. The Labute approximate surface area is 101 Å². The SMILES string of the molecule is CCOC(=O)C(C)(F)C[Se]c1ccccc1. The van der Waals surface area contributed by atoms with Crippen LogP contribution in [-0.2, 0) is 9.53 Å². The van der Waals surface area contributed by atoms with Gasteiger partial charge in [-0.1, -0.05) is 0 Å². The molecule has 88 valence electrons. The fourth-order valence-electron chi connectivity index (χ4n) is 1.08. The van der Waals surface area contributed by atoms with Crippen LogP contribution in [0.2, 0.25) is 5.32 Å². The summed E-state index contributed by atoms with van der Waals surface area (Å²) in [4.78, 5) is 11.3. The molecule has 0 saturated heterocycles. The summed E-state index contributed by atoms with van der Waals surface area (Å²) in [5.41, 5.74) is -1.87. The second kappa shape index (κ2) is 6.02. The van der Waals surface area contributed by atoms with Crippen molar-refractivity contribution in [1.82, 2.24) is 0 Å². The number of hydrogen-bond donors (Lipinski definition) is 0. The number of ether oxygens (including phenoxy) is 1. The zero-order chi connectivity index (χ0) is 12.0. The third-order valence-electron chi connectivity index (χ3n) is 1.95. The molecular formula is C12H15FO2Se. The molecule has 1 aromatic carbocycles. The van der Waals surface area contributed by atoms with Crippen LogP contribution in [0.25, 0.3) is 0 Å². The Balaban J connectivity index is 2.51. The molecule has 1 atom stereocenters. The van der Waals surface area contributed by atoms with E-state index in [4.69, 9.17) is 4.74 Å². The van der Waals surface area contributed by atoms with Gasteiger partial charge in [0.2, 0.25) is 0 Å². The first-order valence-corrected chi connectivity index (χ1v) is 7.17. The Morgan fingerprint density at radius 2 is 2.06 bits per heavy atom. The quantitative estimate of drug-likeness (QED) is 0.609. The summed E-state index contributed by atoms with van der Waals surface area (Å²) in [7, 11) is 0. The van der Waals surface area contributed by atoms with Crippen LogP contribution in [-0.4, -0.2) is 33.2 Å². The van der Waals surface area contributed by atoms with Crippen molar-refractivity contribution >= 4 is 25.4 Å². The second-order valence-electron chi connectivity index (χ2n) is 3.52. The van der Waals surface area contributed by atoms with Crippen molar-refractivity contribution in [1.29, 1.82) is 0 Å². The van der Waals surface area contributed by atoms with Crippen LogP contribution in [0.3, 0.4) is 0 Å². The van der Waals surface area contributed by atoms with Crippen molar-refractivity contribution in [2.75, 3.05) is 6.61 Å². The van der Waals surface area contributed by atoms with Crippen LogP contribution in [0, 0.1) is 0 Å². The van der Waals surface area contributed by atoms with E-state index in [2.05, 4.69) is 0 Å². The van der Waals surface area contributed by atoms with E-state index < -0.39 is 11.6 Å². The number of halogens is 1. The van der Waals surface area contributed by atoms with E-state index in [1.54, 1.807) is 6.92 Å². The van der Waals surface area contributed by atoms with Crippen molar-refractivity contribution in [3.63, 3.8) is 0 Å². The molecule has 1 aromatic rings. The fourth-order valence-corrected chi connectivity index (χ4v) is 2.98. The van der Waals surface area contributed by atoms with Crippen molar-refractivity contribution in [3.8, 4) is 0 Å². The number of rotatable bonds is 5. The van der Waals surface area contributed by atoms with Gasteiger partial charge < -0.3 is 0 Å². The monoisotopic (exact) mass is 290 g/mol. The van der Waals surface area contributed by atoms with Crippen molar-refractivity contribution in [3.05, 3.63) is 30.3 Å². The zero-order valence-corrected chi connectivity index (χ0v) is 11.1. The summed E-state index contributed by atoms with van der Waals surface area (Å²) in [6, 6.07) is 9.63. The summed E-state index contributed by atoms with van der Waals surface area (Å²) in [6.07, 6.45) is 0. The Hall–Kier alpha value is -0.861. The maximum absolute atomic E-state index is 13.9. The van der Waals surface area contributed by atoms with Gasteiger partial charge >= 0.3 is 101 Å². The summed E-state index contributed by atoms with van der Waals surface area (Å²) in [5, 5.41) is 0.211. The summed E-state index contributed by atoms with van der Waals surface area (Å²) in [5.74, 6) is -0.757. The summed E-state index contributed by atoms with van der Waals surface area (Å²) < 4.78 is 19.7. The van der Waals surface area contributed by atoms with E-state index in [-0.39, 0.29) is 26.9 Å². The molecule has 0 amide bonds. The van der Waals surface area contributed by atoms with Gasteiger partial charge in [-0.15, -0.1) is 0 Å². The number of hydrogen-bond acceptors (Lipinski definition) is 2. The first kappa shape index (κ1) is 13.2. The molecule has 2 nitrogen and oxygen atoms in total. The summed E-state index contributed by atoms with van der Waals surface area (Å²) >= 11 is -0.0441. The van der Waals surface area contributed by atoms with Gasteiger partial charge in [0.25, 0.3) is 0 Å². The molecule has 16 heavy (non-hydrogen) atoms. The minimum atomic E-state index is -1.87. The van der Waals surface area contributed by atoms with E-state index in [1.807, 2.05) is 30.3 Å². The average molecular weight is 289 g/mol. The Morgan fingerprint density at radius 1 is 1.44 bits per heavy atom.